The van der Waals surface area contributed by atoms with Gasteiger partial charge >= 0.3 is 0 Å². The zero-order chi connectivity index (χ0) is 14.1. The Kier molecular flexibility index (Phi) is 3.96. The lowest BCUT2D eigenvalue weighted by Crippen LogP contribution is -2.54. The van der Waals surface area contributed by atoms with Gasteiger partial charge in [0, 0.05) is 38.3 Å². The molecule has 20 heavy (non-hydrogen) atoms. The Morgan fingerprint density at radius 2 is 1.95 bits per heavy atom. The number of nitrogens with zero attached hydrogens (tertiary/aromatic N) is 2. The van der Waals surface area contributed by atoms with Gasteiger partial charge in [0.05, 0.1) is 13.2 Å². The Morgan fingerprint density at radius 1 is 1.20 bits per heavy atom. The highest BCUT2D eigenvalue weighted by atomic mass is 16.5. The van der Waals surface area contributed by atoms with Crippen LogP contribution in [-0.2, 0) is 6.54 Å². The second-order valence-corrected chi connectivity index (χ2v) is 6.12. The lowest BCUT2D eigenvalue weighted by Gasteiger charge is -2.42. The van der Waals surface area contributed by atoms with Gasteiger partial charge in [0.2, 0.25) is 0 Å². The van der Waals surface area contributed by atoms with Crippen molar-refractivity contribution in [2.45, 2.75) is 38.1 Å². The molecule has 1 aromatic rings. The van der Waals surface area contributed by atoms with E-state index >= 15 is 0 Å². The van der Waals surface area contributed by atoms with Gasteiger partial charge in [-0.25, -0.2) is 0 Å². The number of hydrogen-bond acceptors (Lipinski definition) is 4. The number of piperazine rings is 1. The van der Waals surface area contributed by atoms with E-state index in [-0.39, 0.29) is 6.10 Å². The van der Waals surface area contributed by atoms with E-state index in [1.807, 2.05) is 12.1 Å². The van der Waals surface area contributed by atoms with Gasteiger partial charge in [-0.2, -0.15) is 0 Å². The van der Waals surface area contributed by atoms with Crippen LogP contribution in [0.2, 0.25) is 0 Å². The van der Waals surface area contributed by atoms with Crippen molar-refractivity contribution in [2.75, 3.05) is 26.7 Å². The molecule has 1 N–H and O–H groups in total. The van der Waals surface area contributed by atoms with Crippen molar-refractivity contribution in [1.29, 1.82) is 0 Å². The van der Waals surface area contributed by atoms with Gasteiger partial charge in [-0.15, -0.1) is 0 Å². The highest BCUT2D eigenvalue weighted by molar-refractivity contribution is 5.27. The first kappa shape index (κ1) is 13.9. The molecule has 2 fully saturated rings. The van der Waals surface area contributed by atoms with Gasteiger partial charge in [0.25, 0.3) is 0 Å². The maximum Gasteiger partial charge on any atom is 0.118 e. The topological polar surface area (TPSA) is 35.9 Å². The first-order chi connectivity index (χ1) is 9.65. The number of aliphatic hydroxyl groups is 1. The van der Waals surface area contributed by atoms with Crippen molar-refractivity contribution < 1.29 is 9.84 Å². The van der Waals surface area contributed by atoms with Crippen LogP contribution in [0.4, 0.5) is 0 Å². The minimum atomic E-state index is -0.131. The quantitative estimate of drug-likeness (QED) is 0.903. The standard InChI is InChI=1S/C16H24N2O2/c1-12-8-18-11-15(19)7-14(18)10-17(12)9-13-3-5-16(20-2)6-4-13/h3-6,12,14-15,19H,7-11H2,1-2H3/t12-,14?,15-/m1/s1. The lowest BCUT2D eigenvalue weighted by molar-refractivity contribution is 0.0528. The van der Waals surface area contributed by atoms with Crippen LogP contribution in [0.25, 0.3) is 0 Å². The Bertz CT molecular complexity index is 448. The van der Waals surface area contributed by atoms with Crippen LogP contribution in [0.3, 0.4) is 0 Å². The minimum Gasteiger partial charge on any atom is -0.497 e. The summed E-state index contributed by atoms with van der Waals surface area (Å²) in [5.41, 5.74) is 1.32. The van der Waals surface area contributed by atoms with Crippen LogP contribution in [0.5, 0.6) is 5.75 Å². The molecule has 2 aliphatic rings. The molecule has 2 aliphatic heterocycles. The first-order valence-corrected chi connectivity index (χ1v) is 7.45. The van der Waals surface area contributed by atoms with Gasteiger partial charge in [-0.05, 0) is 31.0 Å². The normalized spacial score (nSPS) is 31.2. The number of benzene rings is 1. The summed E-state index contributed by atoms with van der Waals surface area (Å²) in [6, 6.07) is 9.40. The predicted molar refractivity (Wildman–Crippen MR) is 78.9 cm³/mol. The third-order valence-electron chi connectivity index (χ3n) is 4.62. The second-order valence-electron chi connectivity index (χ2n) is 6.12. The van der Waals surface area contributed by atoms with E-state index in [1.54, 1.807) is 7.11 Å². The van der Waals surface area contributed by atoms with E-state index in [2.05, 4.69) is 28.9 Å². The number of aliphatic hydroxyl groups excluding tert-OH is 1. The Balaban J connectivity index is 1.64. The molecule has 0 bridgehead atoms. The molecular formula is C16H24N2O2. The molecule has 1 aromatic carbocycles. The molecule has 0 aliphatic carbocycles. The molecule has 0 aromatic heterocycles. The average Bonchev–Trinajstić information content (AvgIpc) is 2.79. The molecule has 2 heterocycles. The monoisotopic (exact) mass is 276 g/mol. The highest BCUT2D eigenvalue weighted by Gasteiger charge is 2.37. The minimum absolute atomic E-state index is 0.131. The van der Waals surface area contributed by atoms with Crippen LogP contribution in [-0.4, -0.2) is 59.8 Å². The molecule has 0 radical (unpaired) electrons. The smallest absolute Gasteiger partial charge is 0.118 e. The third-order valence-corrected chi connectivity index (χ3v) is 4.62. The summed E-state index contributed by atoms with van der Waals surface area (Å²) >= 11 is 0. The number of rotatable bonds is 3. The number of methoxy groups -OCH3 is 1. The van der Waals surface area contributed by atoms with Crippen molar-refractivity contribution in [3.05, 3.63) is 29.8 Å². The molecule has 0 amide bonds. The molecule has 110 valence electrons. The number of fused-ring (bicyclic) bond motifs is 1. The van der Waals surface area contributed by atoms with Gasteiger partial charge in [-0.1, -0.05) is 12.1 Å². The van der Waals surface area contributed by atoms with Crippen LogP contribution in [0, 0.1) is 0 Å². The van der Waals surface area contributed by atoms with E-state index in [0.29, 0.717) is 12.1 Å². The summed E-state index contributed by atoms with van der Waals surface area (Å²) in [6.45, 7) is 6.24. The first-order valence-electron chi connectivity index (χ1n) is 7.45. The van der Waals surface area contributed by atoms with Crippen molar-refractivity contribution in [1.82, 2.24) is 9.80 Å². The highest BCUT2D eigenvalue weighted by Crippen LogP contribution is 2.26. The Hall–Kier alpha value is -1.10. The van der Waals surface area contributed by atoms with Crippen molar-refractivity contribution in [3.63, 3.8) is 0 Å². The third kappa shape index (κ3) is 2.82. The molecule has 0 spiro atoms. The maximum absolute atomic E-state index is 9.81. The summed E-state index contributed by atoms with van der Waals surface area (Å²) in [5.74, 6) is 0.908. The molecule has 4 heteroatoms. The summed E-state index contributed by atoms with van der Waals surface area (Å²) < 4.78 is 5.20. The van der Waals surface area contributed by atoms with E-state index in [4.69, 9.17) is 4.74 Å². The summed E-state index contributed by atoms with van der Waals surface area (Å²) in [6.07, 6.45) is 0.791. The van der Waals surface area contributed by atoms with Crippen molar-refractivity contribution in [2.24, 2.45) is 0 Å². The van der Waals surface area contributed by atoms with Crippen LogP contribution >= 0.6 is 0 Å². The molecule has 2 saturated heterocycles. The van der Waals surface area contributed by atoms with E-state index in [9.17, 15) is 5.11 Å². The molecule has 4 nitrogen and oxygen atoms in total. The molecule has 3 rings (SSSR count). The molecule has 0 saturated carbocycles. The zero-order valence-electron chi connectivity index (χ0n) is 12.3. The van der Waals surface area contributed by atoms with Gasteiger partial charge in [-0.3, -0.25) is 9.80 Å². The van der Waals surface area contributed by atoms with Crippen molar-refractivity contribution in [3.8, 4) is 5.75 Å². The van der Waals surface area contributed by atoms with Gasteiger partial charge in [0.15, 0.2) is 0 Å². The zero-order valence-corrected chi connectivity index (χ0v) is 12.3. The Labute approximate surface area is 120 Å². The van der Waals surface area contributed by atoms with Gasteiger partial charge in [0.1, 0.15) is 5.75 Å². The average molecular weight is 276 g/mol. The SMILES string of the molecule is COc1ccc(CN2CC3C[C@@H](O)CN3C[C@H]2C)cc1. The Morgan fingerprint density at radius 3 is 2.65 bits per heavy atom. The fraction of sp³-hybridized carbons (Fsp3) is 0.625. The van der Waals surface area contributed by atoms with Crippen LogP contribution in [0.1, 0.15) is 18.9 Å². The second kappa shape index (κ2) is 5.72. The van der Waals surface area contributed by atoms with Crippen molar-refractivity contribution >= 4 is 0 Å². The van der Waals surface area contributed by atoms with Crippen LogP contribution < -0.4 is 4.74 Å². The largest absolute Gasteiger partial charge is 0.497 e. The summed E-state index contributed by atoms with van der Waals surface area (Å²) in [4.78, 5) is 4.97. The molecular weight excluding hydrogens is 252 g/mol. The molecule has 1 unspecified atom stereocenters. The van der Waals surface area contributed by atoms with Gasteiger partial charge < -0.3 is 9.84 Å². The molecule has 3 atom stereocenters. The summed E-state index contributed by atoms with van der Waals surface area (Å²) in [5, 5.41) is 9.81. The van der Waals surface area contributed by atoms with E-state index in [0.717, 1.165) is 38.3 Å². The van der Waals surface area contributed by atoms with E-state index in [1.165, 1.54) is 5.56 Å². The number of hydrogen-bond donors (Lipinski definition) is 1. The van der Waals surface area contributed by atoms with E-state index < -0.39 is 0 Å². The predicted octanol–water partition coefficient (Wildman–Crippen LogP) is 1.33. The fourth-order valence-electron chi connectivity index (χ4n) is 3.46. The fourth-order valence-corrected chi connectivity index (χ4v) is 3.46. The maximum atomic E-state index is 9.81. The number of ether oxygens (including phenoxy) is 1. The lowest BCUT2D eigenvalue weighted by atomic mass is 10.1. The van der Waals surface area contributed by atoms with Crippen LogP contribution in [0.15, 0.2) is 24.3 Å². The summed E-state index contributed by atoms with van der Waals surface area (Å²) in [7, 11) is 1.70.